The molecule has 1 atom stereocenters. The quantitative estimate of drug-likeness (QED) is 0.884. The summed E-state index contributed by atoms with van der Waals surface area (Å²) < 4.78 is 0. The van der Waals surface area contributed by atoms with Gasteiger partial charge in [-0.25, -0.2) is 0 Å². The highest BCUT2D eigenvalue weighted by atomic mass is 16.2. The topological polar surface area (TPSA) is 74.8 Å². The van der Waals surface area contributed by atoms with Crippen LogP contribution in [-0.4, -0.2) is 37.5 Å². The first kappa shape index (κ1) is 11.8. The molecule has 0 unspecified atom stereocenters. The Bertz CT molecular complexity index is 580. The Hall–Kier alpha value is -2.24. The molecule has 0 bridgehead atoms. The molecular weight excluding hydrogens is 242 g/mol. The number of nitrogens with zero attached hydrogens (tertiary/aromatic N) is 4. The molecule has 0 aromatic carbocycles. The lowest BCUT2D eigenvalue weighted by molar-refractivity contribution is 0.0726. The maximum atomic E-state index is 12.4. The minimum absolute atomic E-state index is 0.0169. The first-order valence-electron chi connectivity index (χ1n) is 6.34. The first-order chi connectivity index (χ1) is 9.25. The molecule has 0 aliphatic carbocycles. The number of H-pyrrole nitrogens is 1. The van der Waals surface area contributed by atoms with E-state index in [4.69, 9.17) is 0 Å². The number of likely N-dealkylation sites (tertiary alicyclic amines) is 1. The van der Waals surface area contributed by atoms with Crippen LogP contribution in [0.1, 0.15) is 40.8 Å². The molecule has 2 aromatic rings. The number of carbonyl (C=O) groups excluding carboxylic acids is 1. The Labute approximate surface area is 110 Å². The van der Waals surface area contributed by atoms with E-state index < -0.39 is 0 Å². The highest BCUT2D eigenvalue weighted by Crippen LogP contribution is 2.31. The maximum Gasteiger partial charge on any atom is 0.272 e. The van der Waals surface area contributed by atoms with Crippen LogP contribution in [0.3, 0.4) is 0 Å². The molecule has 1 N–H and O–H groups in total. The second-order valence-electron chi connectivity index (χ2n) is 4.71. The van der Waals surface area contributed by atoms with E-state index in [1.807, 2.05) is 11.8 Å². The highest BCUT2D eigenvalue weighted by Gasteiger charge is 2.32. The monoisotopic (exact) mass is 257 g/mol. The predicted molar refractivity (Wildman–Crippen MR) is 68.4 cm³/mol. The lowest BCUT2D eigenvalue weighted by atomic mass is 10.1. The normalized spacial score (nSPS) is 18.8. The van der Waals surface area contributed by atoms with Crippen molar-refractivity contribution in [3.63, 3.8) is 0 Å². The van der Waals surface area contributed by atoms with Gasteiger partial charge in [0.2, 0.25) is 0 Å². The molecule has 6 heteroatoms. The SMILES string of the molecule is Cc1cncc([C@H]2CCCN2C(=O)c2ccn[nH]2)n1. The van der Waals surface area contributed by atoms with Gasteiger partial charge in [-0.15, -0.1) is 0 Å². The van der Waals surface area contributed by atoms with Crippen LogP contribution in [0.4, 0.5) is 0 Å². The smallest absolute Gasteiger partial charge is 0.272 e. The van der Waals surface area contributed by atoms with Crippen molar-refractivity contribution in [1.82, 2.24) is 25.1 Å². The van der Waals surface area contributed by atoms with Gasteiger partial charge in [-0.1, -0.05) is 0 Å². The molecule has 2 aromatic heterocycles. The summed E-state index contributed by atoms with van der Waals surface area (Å²) in [6.45, 7) is 2.66. The molecule has 3 heterocycles. The summed E-state index contributed by atoms with van der Waals surface area (Å²) >= 11 is 0. The van der Waals surface area contributed by atoms with Crippen LogP contribution < -0.4 is 0 Å². The summed E-state index contributed by atoms with van der Waals surface area (Å²) in [5.41, 5.74) is 2.26. The van der Waals surface area contributed by atoms with Gasteiger partial charge in [0, 0.05) is 18.9 Å². The van der Waals surface area contributed by atoms with E-state index in [1.54, 1.807) is 24.7 Å². The fraction of sp³-hybridized carbons (Fsp3) is 0.385. The van der Waals surface area contributed by atoms with Crippen molar-refractivity contribution in [1.29, 1.82) is 0 Å². The molecular formula is C13H15N5O. The van der Waals surface area contributed by atoms with E-state index in [1.165, 1.54) is 0 Å². The van der Waals surface area contributed by atoms with E-state index in [-0.39, 0.29) is 11.9 Å². The third kappa shape index (κ3) is 2.21. The molecule has 0 saturated carbocycles. The number of aromatic amines is 1. The Morgan fingerprint density at radius 3 is 3.11 bits per heavy atom. The van der Waals surface area contributed by atoms with Crippen molar-refractivity contribution in [2.24, 2.45) is 0 Å². The van der Waals surface area contributed by atoms with Crippen molar-refractivity contribution >= 4 is 5.91 Å². The van der Waals surface area contributed by atoms with Gasteiger partial charge in [-0.05, 0) is 25.8 Å². The molecule has 0 radical (unpaired) electrons. The average Bonchev–Trinajstić information content (AvgIpc) is 3.09. The van der Waals surface area contributed by atoms with Crippen molar-refractivity contribution in [2.45, 2.75) is 25.8 Å². The van der Waals surface area contributed by atoms with Gasteiger partial charge >= 0.3 is 0 Å². The summed E-state index contributed by atoms with van der Waals surface area (Å²) in [6, 6.07) is 1.71. The number of aryl methyl sites for hydroxylation is 1. The zero-order valence-electron chi connectivity index (χ0n) is 10.7. The molecule has 98 valence electrons. The minimum Gasteiger partial charge on any atom is -0.329 e. The van der Waals surface area contributed by atoms with Crippen molar-refractivity contribution < 1.29 is 4.79 Å². The Morgan fingerprint density at radius 1 is 1.47 bits per heavy atom. The number of nitrogens with one attached hydrogen (secondary N) is 1. The van der Waals surface area contributed by atoms with Crippen LogP contribution >= 0.6 is 0 Å². The Morgan fingerprint density at radius 2 is 2.37 bits per heavy atom. The van der Waals surface area contributed by atoms with Gasteiger partial charge in [0.15, 0.2) is 0 Å². The third-order valence-corrected chi connectivity index (χ3v) is 3.36. The van der Waals surface area contributed by atoms with Gasteiger partial charge in [0.25, 0.3) is 5.91 Å². The fourth-order valence-corrected chi connectivity index (χ4v) is 2.49. The highest BCUT2D eigenvalue weighted by molar-refractivity contribution is 5.92. The minimum atomic E-state index is -0.0247. The Balaban J connectivity index is 1.88. The van der Waals surface area contributed by atoms with Gasteiger partial charge in [-0.3, -0.25) is 19.9 Å². The molecule has 1 amide bonds. The van der Waals surface area contributed by atoms with Gasteiger partial charge in [-0.2, -0.15) is 5.10 Å². The van der Waals surface area contributed by atoms with Gasteiger partial charge in [0.1, 0.15) is 5.69 Å². The number of amides is 1. The van der Waals surface area contributed by atoms with E-state index in [2.05, 4.69) is 20.2 Å². The van der Waals surface area contributed by atoms with Crippen LogP contribution in [0.25, 0.3) is 0 Å². The third-order valence-electron chi connectivity index (χ3n) is 3.36. The zero-order valence-corrected chi connectivity index (χ0v) is 10.7. The standard InChI is InChI=1S/C13H15N5O/c1-9-7-14-8-11(16-9)12-3-2-6-18(12)13(19)10-4-5-15-17-10/h4-5,7-8,12H,2-3,6H2,1H3,(H,15,17)/t12-/m1/s1. The lowest BCUT2D eigenvalue weighted by Gasteiger charge is -2.23. The van der Waals surface area contributed by atoms with Crippen LogP contribution in [-0.2, 0) is 0 Å². The van der Waals surface area contributed by atoms with Crippen LogP contribution in [0.15, 0.2) is 24.7 Å². The van der Waals surface area contributed by atoms with Gasteiger partial charge < -0.3 is 4.90 Å². The fourth-order valence-electron chi connectivity index (χ4n) is 2.49. The molecule has 1 aliphatic rings. The first-order valence-corrected chi connectivity index (χ1v) is 6.34. The zero-order chi connectivity index (χ0) is 13.2. The second-order valence-corrected chi connectivity index (χ2v) is 4.71. The number of carbonyl (C=O) groups is 1. The van der Waals surface area contributed by atoms with Crippen LogP contribution in [0, 0.1) is 6.92 Å². The largest absolute Gasteiger partial charge is 0.329 e. The predicted octanol–water partition coefficient (Wildman–Crippen LogP) is 1.49. The van der Waals surface area contributed by atoms with Crippen molar-refractivity contribution in [3.05, 3.63) is 41.7 Å². The average molecular weight is 257 g/mol. The summed E-state index contributed by atoms with van der Waals surface area (Å²) in [4.78, 5) is 22.9. The van der Waals surface area contributed by atoms with Crippen molar-refractivity contribution in [2.75, 3.05) is 6.54 Å². The van der Waals surface area contributed by atoms with E-state index >= 15 is 0 Å². The molecule has 1 saturated heterocycles. The molecule has 3 rings (SSSR count). The summed E-state index contributed by atoms with van der Waals surface area (Å²) in [6.07, 6.45) is 6.97. The van der Waals surface area contributed by atoms with Crippen LogP contribution in [0.2, 0.25) is 0 Å². The molecule has 1 aliphatic heterocycles. The molecule has 1 fully saturated rings. The molecule has 6 nitrogen and oxygen atoms in total. The number of aromatic nitrogens is 4. The van der Waals surface area contributed by atoms with E-state index in [0.717, 1.165) is 30.8 Å². The lowest BCUT2D eigenvalue weighted by Crippen LogP contribution is -2.31. The number of hydrogen-bond acceptors (Lipinski definition) is 4. The maximum absolute atomic E-state index is 12.4. The Kier molecular flexibility index (Phi) is 2.98. The second kappa shape index (κ2) is 4.79. The van der Waals surface area contributed by atoms with Crippen molar-refractivity contribution in [3.8, 4) is 0 Å². The number of hydrogen-bond donors (Lipinski definition) is 1. The number of rotatable bonds is 2. The van der Waals surface area contributed by atoms with E-state index in [9.17, 15) is 4.79 Å². The summed E-state index contributed by atoms with van der Waals surface area (Å²) in [5, 5.41) is 6.55. The van der Waals surface area contributed by atoms with Crippen LogP contribution in [0.5, 0.6) is 0 Å². The summed E-state index contributed by atoms with van der Waals surface area (Å²) in [7, 11) is 0. The van der Waals surface area contributed by atoms with Gasteiger partial charge in [0.05, 0.1) is 23.6 Å². The van der Waals surface area contributed by atoms with E-state index in [0.29, 0.717) is 5.69 Å². The molecule has 0 spiro atoms. The molecule has 19 heavy (non-hydrogen) atoms. The summed E-state index contributed by atoms with van der Waals surface area (Å²) in [5.74, 6) is -0.0247.